The number of benzene rings is 1. The number of rotatable bonds is 4. The number of anilines is 1. The van der Waals surface area contributed by atoms with Crippen LogP contribution in [0.25, 0.3) is 11.4 Å². The summed E-state index contributed by atoms with van der Waals surface area (Å²) in [5, 5.41) is 3.13. The Labute approximate surface area is 198 Å². The van der Waals surface area contributed by atoms with Crippen molar-refractivity contribution in [3.63, 3.8) is 0 Å². The van der Waals surface area contributed by atoms with E-state index in [1.165, 1.54) is 0 Å². The highest BCUT2D eigenvalue weighted by Crippen LogP contribution is 2.39. The Morgan fingerprint density at radius 2 is 1.55 bits per heavy atom. The molecule has 0 atom stereocenters. The summed E-state index contributed by atoms with van der Waals surface area (Å²) < 4.78 is 2.00. The fourth-order valence-corrected chi connectivity index (χ4v) is 3.36. The minimum Gasteiger partial charge on any atom is -0.381 e. The highest BCUT2D eigenvalue weighted by atomic mass is 35.6. The van der Waals surface area contributed by atoms with E-state index in [1.54, 1.807) is 24.3 Å². The molecule has 3 N–H and O–H groups in total. The minimum atomic E-state index is -1.83. The second-order valence-electron chi connectivity index (χ2n) is 6.71. The van der Waals surface area contributed by atoms with Gasteiger partial charge in [-0.05, 0) is 12.8 Å². The lowest BCUT2D eigenvalue weighted by molar-refractivity contribution is 0.0574. The molecular weight excluding hydrogens is 503 g/mol. The van der Waals surface area contributed by atoms with Crippen molar-refractivity contribution in [2.45, 2.75) is 26.0 Å². The number of nitrogens with one attached hydrogen (secondary N) is 1. The molecule has 1 saturated heterocycles. The molecule has 1 aliphatic rings. The molecule has 0 amide bonds. The third-order valence-corrected chi connectivity index (χ3v) is 5.61. The standard InChI is InChI=1S/C17H17Cl6N5O/c18-16(19,20)11-3-1-10(2-4-11)12-26-13(17(21,22)23)28-14(27-12)25-9-15(24)5-7-29-8-6-15/h1-4H,5-9,24H2,(H,25,26,27,28). The van der Waals surface area contributed by atoms with Crippen LogP contribution in [0.5, 0.6) is 0 Å². The average Bonchev–Trinajstić information content (AvgIpc) is 2.66. The number of alkyl halides is 6. The zero-order valence-electron chi connectivity index (χ0n) is 14.9. The number of hydrogen-bond donors (Lipinski definition) is 2. The molecule has 2 heterocycles. The topological polar surface area (TPSA) is 86.0 Å². The van der Waals surface area contributed by atoms with Gasteiger partial charge in [-0.3, -0.25) is 0 Å². The Hall–Kier alpha value is -0.310. The van der Waals surface area contributed by atoms with E-state index in [4.69, 9.17) is 80.1 Å². The van der Waals surface area contributed by atoms with Crippen LogP contribution >= 0.6 is 69.6 Å². The molecule has 0 aliphatic carbocycles. The summed E-state index contributed by atoms with van der Waals surface area (Å²) in [5.41, 5.74) is 7.12. The predicted molar refractivity (Wildman–Crippen MR) is 119 cm³/mol. The zero-order chi connectivity index (χ0) is 21.3. The Morgan fingerprint density at radius 1 is 0.931 bits per heavy atom. The molecule has 0 unspecified atom stereocenters. The Morgan fingerprint density at radius 3 is 2.10 bits per heavy atom. The van der Waals surface area contributed by atoms with E-state index >= 15 is 0 Å². The lowest BCUT2D eigenvalue weighted by Gasteiger charge is -2.33. The first-order valence-electron chi connectivity index (χ1n) is 8.58. The summed E-state index contributed by atoms with van der Waals surface area (Å²) in [6.45, 7) is 1.65. The SMILES string of the molecule is NC1(CNc2nc(-c3ccc(C(Cl)(Cl)Cl)cc3)nc(C(Cl)(Cl)Cl)n2)CCOCC1. The van der Waals surface area contributed by atoms with Gasteiger partial charge in [-0.2, -0.15) is 9.97 Å². The fourth-order valence-electron chi connectivity index (χ4n) is 2.73. The lowest BCUT2D eigenvalue weighted by atomic mass is 9.91. The Bertz CT molecular complexity index is 847. The Kier molecular flexibility index (Phi) is 7.29. The smallest absolute Gasteiger partial charge is 0.250 e. The first-order valence-corrected chi connectivity index (χ1v) is 10.8. The van der Waals surface area contributed by atoms with Crippen molar-refractivity contribution < 1.29 is 4.74 Å². The predicted octanol–water partition coefficient (Wildman–Crippen LogP) is 5.11. The molecule has 6 nitrogen and oxygen atoms in total. The normalized spacial score (nSPS) is 17.2. The maximum absolute atomic E-state index is 6.41. The van der Waals surface area contributed by atoms with Crippen LogP contribution in [0.15, 0.2) is 24.3 Å². The minimum absolute atomic E-state index is 0.0153. The van der Waals surface area contributed by atoms with Crippen LogP contribution < -0.4 is 11.1 Å². The van der Waals surface area contributed by atoms with Gasteiger partial charge in [-0.1, -0.05) is 93.9 Å². The molecule has 0 radical (unpaired) electrons. The lowest BCUT2D eigenvalue weighted by Crippen LogP contribution is -2.50. The van der Waals surface area contributed by atoms with Crippen LogP contribution in [-0.4, -0.2) is 40.2 Å². The van der Waals surface area contributed by atoms with Gasteiger partial charge in [0.1, 0.15) is 0 Å². The van der Waals surface area contributed by atoms with E-state index in [-0.39, 0.29) is 11.8 Å². The Balaban J connectivity index is 1.89. The summed E-state index contributed by atoms with van der Waals surface area (Å²) in [4.78, 5) is 12.9. The molecule has 1 aromatic heterocycles. The van der Waals surface area contributed by atoms with Gasteiger partial charge in [0.15, 0.2) is 11.6 Å². The summed E-state index contributed by atoms with van der Waals surface area (Å²) in [5.74, 6) is 0.536. The number of halogens is 6. The highest BCUT2D eigenvalue weighted by molar-refractivity contribution is 6.67. The van der Waals surface area contributed by atoms with Crippen molar-refractivity contribution in [2.24, 2.45) is 5.73 Å². The van der Waals surface area contributed by atoms with Crippen LogP contribution in [0.3, 0.4) is 0 Å². The molecule has 1 aliphatic heterocycles. The van der Waals surface area contributed by atoms with Crippen molar-refractivity contribution in [2.75, 3.05) is 25.1 Å². The van der Waals surface area contributed by atoms with Crippen molar-refractivity contribution in [3.05, 3.63) is 35.7 Å². The fraction of sp³-hybridized carbons (Fsp3) is 0.471. The molecule has 1 fully saturated rings. The number of aromatic nitrogens is 3. The molecule has 2 aromatic rings. The zero-order valence-corrected chi connectivity index (χ0v) is 19.5. The molecule has 0 bridgehead atoms. The molecular formula is C17H17Cl6N5O. The van der Waals surface area contributed by atoms with E-state index in [9.17, 15) is 0 Å². The first kappa shape index (κ1) is 23.4. The molecule has 0 spiro atoms. The van der Waals surface area contributed by atoms with Gasteiger partial charge < -0.3 is 15.8 Å². The largest absolute Gasteiger partial charge is 0.381 e. The molecule has 1 aromatic carbocycles. The monoisotopic (exact) mass is 517 g/mol. The van der Waals surface area contributed by atoms with Crippen LogP contribution in [-0.2, 0) is 12.3 Å². The van der Waals surface area contributed by atoms with E-state index in [0.29, 0.717) is 49.6 Å². The van der Waals surface area contributed by atoms with Crippen LogP contribution in [0.1, 0.15) is 24.2 Å². The molecule has 12 heteroatoms. The number of ether oxygens (including phenoxy) is 1. The van der Waals surface area contributed by atoms with Gasteiger partial charge in [0, 0.05) is 36.4 Å². The molecule has 29 heavy (non-hydrogen) atoms. The second kappa shape index (κ2) is 9.05. The van der Waals surface area contributed by atoms with E-state index in [0.717, 1.165) is 0 Å². The molecule has 0 saturated carbocycles. The summed E-state index contributed by atoms with van der Waals surface area (Å²) in [7, 11) is 0. The number of nitrogens with two attached hydrogens (primary N) is 1. The summed E-state index contributed by atoms with van der Waals surface area (Å²) in [6, 6.07) is 6.74. The highest BCUT2D eigenvalue weighted by Gasteiger charge is 2.31. The van der Waals surface area contributed by atoms with E-state index < -0.39 is 13.1 Å². The number of nitrogens with zero attached hydrogens (tertiary/aromatic N) is 3. The van der Waals surface area contributed by atoms with Gasteiger partial charge in [-0.25, -0.2) is 4.98 Å². The molecule has 158 valence electrons. The second-order valence-corrected chi connectivity index (χ2v) is 11.3. The van der Waals surface area contributed by atoms with Crippen molar-refractivity contribution >= 4 is 75.6 Å². The van der Waals surface area contributed by atoms with Gasteiger partial charge in [0.25, 0.3) is 0 Å². The van der Waals surface area contributed by atoms with E-state index in [2.05, 4.69) is 20.3 Å². The molecule has 3 rings (SSSR count). The maximum atomic E-state index is 6.41. The van der Waals surface area contributed by atoms with Crippen LogP contribution in [0.4, 0.5) is 5.95 Å². The van der Waals surface area contributed by atoms with Crippen molar-refractivity contribution in [3.8, 4) is 11.4 Å². The van der Waals surface area contributed by atoms with Crippen LogP contribution in [0.2, 0.25) is 0 Å². The quantitative estimate of drug-likeness (QED) is 0.546. The van der Waals surface area contributed by atoms with Crippen molar-refractivity contribution in [1.82, 2.24) is 15.0 Å². The third kappa shape index (κ3) is 6.34. The number of hydrogen-bond acceptors (Lipinski definition) is 6. The van der Waals surface area contributed by atoms with Gasteiger partial charge >= 0.3 is 0 Å². The van der Waals surface area contributed by atoms with Gasteiger partial charge in [-0.15, -0.1) is 0 Å². The van der Waals surface area contributed by atoms with Crippen molar-refractivity contribution in [1.29, 1.82) is 0 Å². The van der Waals surface area contributed by atoms with Gasteiger partial charge in [0.2, 0.25) is 13.5 Å². The average molecular weight is 520 g/mol. The van der Waals surface area contributed by atoms with Crippen LogP contribution in [0, 0.1) is 0 Å². The summed E-state index contributed by atoms with van der Waals surface area (Å²) >= 11 is 35.7. The van der Waals surface area contributed by atoms with Gasteiger partial charge in [0.05, 0.1) is 0 Å². The third-order valence-electron chi connectivity index (χ3n) is 4.45. The first-order chi connectivity index (χ1) is 13.5. The van der Waals surface area contributed by atoms with E-state index in [1.807, 2.05) is 0 Å². The summed E-state index contributed by atoms with van der Waals surface area (Å²) in [6.07, 6.45) is 1.43. The maximum Gasteiger partial charge on any atom is 0.250 e.